The normalized spacial score (nSPS) is 29.5. The number of hydrogen-bond donors (Lipinski definition) is 2. The maximum atomic E-state index is 5.78. The van der Waals surface area contributed by atoms with Crippen LogP contribution < -0.4 is 11.3 Å². The van der Waals surface area contributed by atoms with E-state index in [1.807, 2.05) is 0 Å². The molecule has 0 spiro atoms. The summed E-state index contributed by atoms with van der Waals surface area (Å²) in [5, 5.41) is 0. The lowest BCUT2D eigenvalue weighted by molar-refractivity contribution is -0.0322. The summed E-state index contributed by atoms with van der Waals surface area (Å²) in [6, 6.07) is 0.267. The topological polar surface area (TPSA) is 59.8 Å². The van der Waals surface area contributed by atoms with E-state index in [9.17, 15) is 0 Å². The SMILES string of the molecule is CC(C)(C(NN)C1CCOC1)N1CCOCC1. The average molecular weight is 243 g/mol. The van der Waals surface area contributed by atoms with Crippen molar-refractivity contribution in [2.24, 2.45) is 11.8 Å². The van der Waals surface area contributed by atoms with Crippen LogP contribution in [-0.2, 0) is 9.47 Å². The van der Waals surface area contributed by atoms with Gasteiger partial charge in [-0.2, -0.15) is 0 Å². The summed E-state index contributed by atoms with van der Waals surface area (Å²) in [5.74, 6) is 6.29. The molecule has 0 aromatic rings. The number of hydrazine groups is 1. The Morgan fingerprint density at radius 1 is 1.24 bits per heavy atom. The predicted octanol–water partition coefficient (Wildman–Crippen LogP) is -0.0344. The van der Waals surface area contributed by atoms with Gasteiger partial charge in [-0.1, -0.05) is 0 Å². The van der Waals surface area contributed by atoms with Gasteiger partial charge in [-0.3, -0.25) is 16.2 Å². The third-order valence-corrected chi connectivity index (χ3v) is 4.20. The molecule has 3 N–H and O–H groups in total. The highest BCUT2D eigenvalue weighted by Gasteiger charge is 2.41. The molecule has 2 atom stereocenters. The lowest BCUT2D eigenvalue weighted by Gasteiger charge is -2.47. The molecule has 2 saturated heterocycles. The van der Waals surface area contributed by atoms with Crippen molar-refractivity contribution in [1.82, 2.24) is 10.3 Å². The minimum absolute atomic E-state index is 0.0386. The molecule has 0 radical (unpaired) electrons. The van der Waals surface area contributed by atoms with Gasteiger partial charge in [0.05, 0.1) is 19.8 Å². The molecule has 100 valence electrons. The lowest BCUT2D eigenvalue weighted by atomic mass is 9.82. The molecule has 2 rings (SSSR count). The molecule has 2 heterocycles. The summed E-state index contributed by atoms with van der Waals surface area (Å²) in [7, 11) is 0. The van der Waals surface area contributed by atoms with Crippen molar-refractivity contribution in [3.63, 3.8) is 0 Å². The number of rotatable bonds is 4. The Labute approximate surface area is 104 Å². The Morgan fingerprint density at radius 2 is 1.94 bits per heavy atom. The van der Waals surface area contributed by atoms with Gasteiger partial charge in [-0.05, 0) is 20.3 Å². The fourth-order valence-electron chi connectivity index (χ4n) is 3.07. The molecule has 2 aliphatic rings. The monoisotopic (exact) mass is 243 g/mol. The molecule has 0 aromatic carbocycles. The van der Waals surface area contributed by atoms with Gasteiger partial charge >= 0.3 is 0 Å². The molecule has 5 nitrogen and oxygen atoms in total. The maximum absolute atomic E-state index is 5.78. The molecule has 17 heavy (non-hydrogen) atoms. The number of nitrogens with two attached hydrogens (primary N) is 1. The van der Waals surface area contributed by atoms with Gasteiger partial charge in [0, 0.05) is 37.2 Å². The molecule has 0 amide bonds. The summed E-state index contributed by atoms with van der Waals surface area (Å²) in [6.45, 7) is 9.83. The van der Waals surface area contributed by atoms with Crippen LogP contribution in [0, 0.1) is 5.92 Å². The average Bonchev–Trinajstić information content (AvgIpc) is 2.84. The highest BCUT2D eigenvalue weighted by Crippen LogP contribution is 2.29. The standard InChI is InChI=1S/C12H25N3O2/c1-12(2,15-4-7-16-8-5-15)11(14-13)10-3-6-17-9-10/h10-11,14H,3-9,13H2,1-2H3. The van der Waals surface area contributed by atoms with Crippen LogP contribution >= 0.6 is 0 Å². The fraction of sp³-hybridized carbons (Fsp3) is 1.00. The van der Waals surface area contributed by atoms with Gasteiger partial charge in [0.1, 0.15) is 0 Å². The molecular formula is C12H25N3O2. The number of nitrogens with zero attached hydrogens (tertiary/aromatic N) is 1. The predicted molar refractivity (Wildman–Crippen MR) is 66.5 cm³/mol. The summed E-state index contributed by atoms with van der Waals surface area (Å²) < 4.78 is 10.9. The van der Waals surface area contributed by atoms with Crippen molar-refractivity contribution >= 4 is 0 Å². The first kappa shape index (κ1) is 13.2. The third kappa shape index (κ3) is 2.80. The maximum Gasteiger partial charge on any atom is 0.0594 e. The van der Waals surface area contributed by atoms with Gasteiger partial charge in [0.2, 0.25) is 0 Å². The first-order valence-electron chi connectivity index (χ1n) is 6.53. The van der Waals surface area contributed by atoms with Crippen LogP contribution in [0.1, 0.15) is 20.3 Å². The van der Waals surface area contributed by atoms with Crippen LogP contribution in [0.4, 0.5) is 0 Å². The molecular weight excluding hydrogens is 218 g/mol. The van der Waals surface area contributed by atoms with E-state index in [4.69, 9.17) is 15.3 Å². The van der Waals surface area contributed by atoms with Gasteiger partial charge < -0.3 is 9.47 Å². The number of morpholine rings is 1. The minimum Gasteiger partial charge on any atom is -0.381 e. The summed E-state index contributed by atoms with van der Waals surface area (Å²) in [5.41, 5.74) is 3.06. The zero-order chi connectivity index (χ0) is 12.3. The Balaban J connectivity index is 2.04. The molecule has 5 heteroatoms. The minimum atomic E-state index is 0.0386. The van der Waals surface area contributed by atoms with E-state index in [0.717, 1.165) is 45.9 Å². The van der Waals surface area contributed by atoms with Crippen molar-refractivity contribution < 1.29 is 9.47 Å². The Hall–Kier alpha value is -0.200. The smallest absolute Gasteiger partial charge is 0.0594 e. The van der Waals surface area contributed by atoms with Gasteiger partial charge in [-0.15, -0.1) is 0 Å². The quantitative estimate of drug-likeness (QED) is 0.536. The number of hydrogen-bond acceptors (Lipinski definition) is 5. The van der Waals surface area contributed by atoms with Crippen molar-refractivity contribution in [3.8, 4) is 0 Å². The largest absolute Gasteiger partial charge is 0.381 e. The van der Waals surface area contributed by atoms with Gasteiger partial charge in [-0.25, -0.2) is 0 Å². The van der Waals surface area contributed by atoms with E-state index in [-0.39, 0.29) is 11.6 Å². The number of nitrogens with one attached hydrogen (secondary N) is 1. The Morgan fingerprint density at radius 3 is 2.47 bits per heavy atom. The van der Waals surface area contributed by atoms with Crippen LogP contribution in [0.2, 0.25) is 0 Å². The van der Waals surface area contributed by atoms with E-state index in [1.54, 1.807) is 0 Å². The first-order valence-corrected chi connectivity index (χ1v) is 6.53. The van der Waals surface area contributed by atoms with Crippen LogP contribution in [0.3, 0.4) is 0 Å². The van der Waals surface area contributed by atoms with Crippen LogP contribution in [0.15, 0.2) is 0 Å². The zero-order valence-electron chi connectivity index (χ0n) is 10.9. The van der Waals surface area contributed by atoms with E-state index < -0.39 is 0 Å². The highest BCUT2D eigenvalue weighted by molar-refractivity contribution is 4.97. The van der Waals surface area contributed by atoms with E-state index in [0.29, 0.717) is 5.92 Å². The lowest BCUT2D eigenvalue weighted by Crippen LogP contribution is -2.64. The van der Waals surface area contributed by atoms with Crippen LogP contribution in [-0.4, -0.2) is 56.0 Å². The van der Waals surface area contributed by atoms with Crippen molar-refractivity contribution in [2.75, 3.05) is 39.5 Å². The molecule has 0 aromatic heterocycles. The molecule has 2 fully saturated rings. The molecule has 2 aliphatic heterocycles. The van der Waals surface area contributed by atoms with Crippen molar-refractivity contribution in [3.05, 3.63) is 0 Å². The second kappa shape index (κ2) is 5.63. The second-order valence-electron chi connectivity index (χ2n) is 5.52. The second-order valence-corrected chi connectivity index (χ2v) is 5.52. The first-order chi connectivity index (χ1) is 8.16. The molecule has 0 bridgehead atoms. The van der Waals surface area contributed by atoms with Gasteiger partial charge in [0.15, 0.2) is 0 Å². The van der Waals surface area contributed by atoms with Crippen LogP contribution in [0.5, 0.6) is 0 Å². The van der Waals surface area contributed by atoms with Crippen molar-refractivity contribution in [1.29, 1.82) is 0 Å². The third-order valence-electron chi connectivity index (χ3n) is 4.20. The fourth-order valence-corrected chi connectivity index (χ4v) is 3.07. The Bertz CT molecular complexity index is 236. The summed E-state index contributed by atoms with van der Waals surface area (Å²) >= 11 is 0. The summed E-state index contributed by atoms with van der Waals surface area (Å²) in [4.78, 5) is 2.47. The molecule has 2 unspecified atom stereocenters. The highest BCUT2D eigenvalue weighted by atomic mass is 16.5. The van der Waals surface area contributed by atoms with E-state index >= 15 is 0 Å². The van der Waals surface area contributed by atoms with Crippen molar-refractivity contribution in [2.45, 2.75) is 31.8 Å². The van der Waals surface area contributed by atoms with Gasteiger partial charge in [0.25, 0.3) is 0 Å². The van der Waals surface area contributed by atoms with E-state index in [1.165, 1.54) is 0 Å². The van der Waals surface area contributed by atoms with Crippen LogP contribution in [0.25, 0.3) is 0 Å². The zero-order valence-corrected chi connectivity index (χ0v) is 10.9. The number of ether oxygens (including phenoxy) is 2. The Kier molecular flexibility index (Phi) is 4.38. The summed E-state index contributed by atoms with van der Waals surface area (Å²) in [6.07, 6.45) is 1.10. The molecule has 0 saturated carbocycles. The molecule has 0 aliphatic carbocycles. The van der Waals surface area contributed by atoms with E-state index in [2.05, 4.69) is 24.2 Å².